The number of para-hydroxylation sites is 1. The van der Waals surface area contributed by atoms with Crippen LogP contribution in [0, 0.1) is 10.1 Å². The highest BCUT2D eigenvalue weighted by Crippen LogP contribution is 2.35. The van der Waals surface area contributed by atoms with E-state index in [1.165, 1.54) is 13.0 Å². The van der Waals surface area contributed by atoms with Crippen LogP contribution >= 0.6 is 23.2 Å². The van der Waals surface area contributed by atoms with Crippen molar-refractivity contribution in [3.63, 3.8) is 0 Å². The minimum atomic E-state index is -1.19. The van der Waals surface area contributed by atoms with E-state index in [0.717, 1.165) is 17.0 Å². The molecular formula is C28H20Cl2N4O7. The summed E-state index contributed by atoms with van der Waals surface area (Å²) in [7, 11) is 0. The summed E-state index contributed by atoms with van der Waals surface area (Å²) in [6, 6.07) is 15.9. The zero-order valence-electron chi connectivity index (χ0n) is 21.5. The van der Waals surface area contributed by atoms with Crippen LogP contribution in [0.3, 0.4) is 0 Å². The van der Waals surface area contributed by atoms with E-state index in [9.17, 15) is 19.7 Å². The predicted molar refractivity (Wildman–Crippen MR) is 154 cm³/mol. The first-order chi connectivity index (χ1) is 19.7. The molecular weight excluding hydrogens is 575 g/mol. The van der Waals surface area contributed by atoms with Crippen molar-refractivity contribution in [2.24, 2.45) is 5.10 Å². The molecule has 5 aromatic rings. The Morgan fingerprint density at radius 1 is 1.17 bits per heavy atom. The van der Waals surface area contributed by atoms with Crippen molar-refractivity contribution in [2.45, 2.75) is 20.0 Å². The van der Waals surface area contributed by atoms with Crippen LogP contribution in [0.15, 0.2) is 75.0 Å². The Balaban J connectivity index is 1.69. The molecule has 3 aromatic carbocycles. The van der Waals surface area contributed by atoms with Crippen molar-refractivity contribution >= 4 is 62.9 Å². The Labute approximate surface area is 241 Å². The van der Waals surface area contributed by atoms with E-state index in [1.807, 2.05) is 0 Å². The maximum Gasteiger partial charge on any atom is 0.347 e. The number of esters is 1. The number of benzene rings is 3. The molecule has 0 radical (unpaired) electrons. The number of hydrogen-bond donors (Lipinski definition) is 0. The number of carbonyl (C=O) groups is 1. The predicted octanol–water partition coefficient (Wildman–Crippen LogP) is 6.24. The molecule has 0 aliphatic rings. The number of carbonyl (C=O) groups excluding carboxylic acids is 1. The summed E-state index contributed by atoms with van der Waals surface area (Å²) in [6.07, 6.45) is -0.0302. The van der Waals surface area contributed by atoms with E-state index in [-0.39, 0.29) is 39.9 Å². The van der Waals surface area contributed by atoms with Gasteiger partial charge < -0.3 is 13.9 Å². The molecule has 2 heterocycles. The molecule has 11 nitrogen and oxygen atoms in total. The molecule has 0 unspecified atom stereocenters. The Morgan fingerprint density at radius 3 is 2.71 bits per heavy atom. The van der Waals surface area contributed by atoms with E-state index in [0.29, 0.717) is 21.5 Å². The standard InChI is InChI=1S/C28H20Cl2N4O7/c1-3-39-28(36)15(2)40-25-17(11-19(30)13-22(25)34(37)38)14-31-33-26(32-21-7-5-4-6-20(21)27(33)35)24-12-16-10-18(29)8-9-23(16)41-24/h4-15H,3H2,1-2H3/t15-/m1/s1. The topological polar surface area (TPSA) is 139 Å². The third-order valence-electron chi connectivity index (χ3n) is 5.94. The minimum Gasteiger partial charge on any atom is -0.471 e. The fraction of sp³-hybridized carbons (Fsp3) is 0.143. The van der Waals surface area contributed by atoms with Crippen molar-refractivity contribution in [2.75, 3.05) is 6.61 Å². The second kappa shape index (κ2) is 11.4. The number of ether oxygens (including phenoxy) is 2. The normalized spacial score (nSPS) is 12.2. The number of halogens is 2. The van der Waals surface area contributed by atoms with Crippen LogP contribution in [0.5, 0.6) is 5.75 Å². The summed E-state index contributed by atoms with van der Waals surface area (Å²) in [5, 5.41) is 17.6. The molecule has 2 aromatic heterocycles. The van der Waals surface area contributed by atoms with Crippen LogP contribution < -0.4 is 10.3 Å². The van der Waals surface area contributed by atoms with Gasteiger partial charge in [0.2, 0.25) is 11.6 Å². The number of nitrogens with zero attached hydrogens (tertiary/aromatic N) is 4. The van der Waals surface area contributed by atoms with Crippen LogP contribution in [0.4, 0.5) is 5.69 Å². The van der Waals surface area contributed by atoms with Crippen LogP contribution in [-0.4, -0.2) is 39.5 Å². The summed E-state index contributed by atoms with van der Waals surface area (Å²) in [6.45, 7) is 3.11. The molecule has 208 valence electrons. The van der Waals surface area contributed by atoms with Gasteiger partial charge in [0.1, 0.15) is 5.58 Å². The van der Waals surface area contributed by atoms with Gasteiger partial charge in [-0.25, -0.2) is 9.78 Å². The molecule has 0 fully saturated rings. The maximum absolute atomic E-state index is 13.6. The van der Waals surface area contributed by atoms with E-state index in [1.54, 1.807) is 55.5 Å². The van der Waals surface area contributed by atoms with Crippen molar-refractivity contribution in [3.05, 3.63) is 96.7 Å². The Bertz CT molecular complexity index is 1920. The molecule has 0 amide bonds. The highest BCUT2D eigenvalue weighted by atomic mass is 35.5. The first-order valence-corrected chi connectivity index (χ1v) is 13.0. The van der Waals surface area contributed by atoms with Crippen LogP contribution in [-0.2, 0) is 9.53 Å². The lowest BCUT2D eigenvalue weighted by Crippen LogP contribution is -2.27. The van der Waals surface area contributed by atoms with Crippen molar-refractivity contribution < 1.29 is 23.6 Å². The molecule has 5 rings (SSSR count). The first-order valence-electron chi connectivity index (χ1n) is 12.2. The molecule has 0 aliphatic carbocycles. The quantitative estimate of drug-likeness (QED) is 0.0890. The van der Waals surface area contributed by atoms with E-state index < -0.39 is 28.2 Å². The SMILES string of the molecule is CCOC(=O)[C@@H](C)Oc1c(C=Nn2c(-c3cc4cc(Cl)ccc4o3)nc3ccccc3c2=O)cc(Cl)cc1[N+](=O)[O-]. The van der Waals surface area contributed by atoms with Gasteiger partial charge in [-0.1, -0.05) is 35.3 Å². The lowest BCUT2D eigenvalue weighted by atomic mass is 10.2. The molecule has 13 heteroatoms. The van der Waals surface area contributed by atoms with Gasteiger partial charge in [0, 0.05) is 27.1 Å². The van der Waals surface area contributed by atoms with Gasteiger partial charge >= 0.3 is 11.7 Å². The van der Waals surface area contributed by atoms with Gasteiger partial charge in [0.25, 0.3) is 5.56 Å². The second-order valence-corrected chi connectivity index (χ2v) is 9.59. The minimum absolute atomic E-state index is 0.00709. The first kappa shape index (κ1) is 27.8. The fourth-order valence-corrected chi connectivity index (χ4v) is 4.48. The molecule has 1 atom stereocenters. The zero-order valence-corrected chi connectivity index (χ0v) is 23.0. The lowest BCUT2D eigenvalue weighted by molar-refractivity contribution is -0.386. The number of nitro groups is 1. The summed E-state index contributed by atoms with van der Waals surface area (Å²) in [4.78, 5) is 41.6. The smallest absolute Gasteiger partial charge is 0.347 e. The van der Waals surface area contributed by atoms with Crippen LogP contribution in [0.25, 0.3) is 33.5 Å². The zero-order chi connectivity index (χ0) is 29.3. The summed E-state index contributed by atoms with van der Waals surface area (Å²) < 4.78 is 17.6. The van der Waals surface area contributed by atoms with Crippen molar-refractivity contribution in [1.29, 1.82) is 0 Å². The Hall–Kier alpha value is -4.74. The number of nitro benzene ring substituents is 1. The number of fused-ring (bicyclic) bond motifs is 2. The molecule has 0 bridgehead atoms. The molecule has 0 spiro atoms. The summed E-state index contributed by atoms with van der Waals surface area (Å²) in [5.41, 5.74) is -0.0880. The van der Waals surface area contributed by atoms with Gasteiger partial charge in [-0.3, -0.25) is 14.9 Å². The fourth-order valence-electron chi connectivity index (χ4n) is 4.08. The Morgan fingerprint density at radius 2 is 1.95 bits per heavy atom. The van der Waals surface area contributed by atoms with E-state index in [4.69, 9.17) is 37.1 Å². The van der Waals surface area contributed by atoms with E-state index >= 15 is 0 Å². The lowest BCUT2D eigenvalue weighted by Gasteiger charge is -2.15. The molecule has 41 heavy (non-hydrogen) atoms. The number of furan rings is 1. The summed E-state index contributed by atoms with van der Waals surface area (Å²) >= 11 is 12.3. The monoisotopic (exact) mass is 594 g/mol. The van der Waals surface area contributed by atoms with Crippen molar-refractivity contribution in [3.8, 4) is 17.3 Å². The Kier molecular flexibility index (Phi) is 7.73. The average Bonchev–Trinajstić information content (AvgIpc) is 3.36. The van der Waals surface area contributed by atoms with Gasteiger partial charge in [0.15, 0.2) is 11.9 Å². The van der Waals surface area contributed by atoms with Gasteiger partial charge in [-0.2, -0.15) is 9.78 Å². The molecule has 0 N–H and O–H groups in total. The third-order valence-corrected chi connectivity index (χ3v) is 6.39. The number of hydrogen-bond acceptors (Lipinski definition) is 9. The highest BCUT2D eigenvalue weighted by Gasteiger charge is 2.26. The van der Waals surface area contributed by atoms with E-state index in [2.05, 4.69) is 10.1 Å². The maximum atomic E-state index is 13.6. The largest absolute Gasteiger partial charge is 0.471 e. The highest BCUT2D eigenvalue weighted by molar-refractivity contribution is 6.31. The van der Waals surface area contributed by atoms with Gasteiger partial charge in [-0.05, 0) is 56.3 Å². The third kappa shape index (κ3) is 5.63. The number of aromatic nitrogens is 2. The van der Waals surface area contributed by atoms with Gasteiger partial charge in [-0.15, -0.1) is 0 Å². The second-order valence-electron chi connectivity index (χ2n) is 8.72. The van der Waals surface area contributed by atoms with Crippen LogP contribution in [0.2, 0.25) is 10.0 Å². The van der Waals surface area contributed by atoms with Gasteiger partial charge in [0.05, 0.1) is 28.6 Å². The molecule has 0 saturated carbocycles. The van der Waals surface area contributed by atoms with Crippen molar-refractivity contribution in [1.82, 2.24) is 9.66 Å². The van der Waals surface area contributed by atoms with Crippen LogP contribution in [0.1, 0.15) is 19.4 Å². The number of rotatable bonds is 8. The average molecular weight is 595 g/mol. The molecule has 0 saturated heterocycles. The molecule has 0 aliphatic heterocycles. The summed E-state index contributed by atoms with van der Waals surface area (Å²) in [5.74, 6) is -0.713.